The molecule has 4 nitrogen and oxygen atoms in total. The molecule has 1 unspecified atom stereocenters. The smallest absolute Gasteiger partial charge is 0.0693 e. The monoisotopic (exact) mass is 260 g/mol. The van der Waals surface area contributed by atoms with Crippen molar-refractivity contribution in [2.75, 3.05) is 19.6 Å². The third-order valence-electron chi connectivity index (χ3n) is 4.56. The maximum atomic E-state index is 6.73. The summed E-state index contributed by atoms with van der Waals surface area (Å²) >= 11 is 0. The Morgan fingerprint density at radius 3 is 2.84 bits per heavy atom. The minimum Gasteiger partial charge on any atom is -0.313 e. The highest BCUT2D eigenvalue weighted by Crippen LogP contribution is 2.35. The highest BCUT2D eigenvalue weighted by molar-refractivity contribution is 5.12. The Kier molecular flexibility index (Phi) is 3.82. The van der Waals surface area contributed by atoms with Crippen molar-refractivity contribution in [2.24, 2.45) is 5.73 Å². The molecule has 1 aliphatic carbocycles. The van der Waals surface area contributed by atoms with Gasteiger partial charge in [0.05, 0.1) is 17.4 Å². The summed E-state index contributed by atoms with van der Waals surface area (Å²) in [6, 6.07) is 6.48. The van der Waals surface area contributed by atoms with Gasteiger partial charge < -0.3 is 11.1 Å². The fourth-order valence-electron chi connectivity index (χ4n) is 3.53. The predicted molar refractivity (Wildman–Crippen MR) is 76.6 cm³/mol. The third-order valence-corrected chi connectivity index (χ3v) is 4.56. The Morgan fingerprint density at radius 2 is 2.11 bits per heavy atom. The highest BCUT2D eigenvalue weighted by Gasteiger charge is 2.40. The molecule has 19 heavy (non-hydrogen) atoms. The topological polar surface area (TPSA) is 54.2 Å². The van der Waals surface area contributed by atoms with E-state index in [2.05, 4.69) is 27.3 Å². The van der Waals surface area contributed by atoms with E-state index in [0.717, 1.165) is 38.2 Å². The van der Waals surface area contributed by atoms with Crippen LogP contribution in [0.5, 0.6) is 0 Å². The number of aromatic nitrogens is 1. The second-order valence-electron chi connectivity index (χ2n) is 5.83. The summed E-state index contributed by atoms with van der Waals surface area (Å²) in [5, 5.41) is 3.48. The number of nitrogens with two attached hydrogens (primary N) is 1. The van der Waals surface area contributed by atoms with E-state index < -0.39 is 0 Å². The number of piperazine rings is 1. The van der Waals surface area contributed by atoms with Crippen LogP contribution in [0.2, 0.25) is 0 Å². The molecule has 1 aromatic heterocycles. The average molecular weight is 260 g/mol. The van der Waals surface area contributed by atoms with Gasteiger partial charge in [-0.2, -0.15) is 0 Å². The van der Waals surface area contributed by atoms with Crippen molar-refractivity contribution in [3.8, 4) is 0 Å². The number of nitrogens with one attached hydrogen (secondary N) is 1. The van der Waals surface area contributed by atoms with Gasteiger partial charge in [-0.1, -0.05) is 25.3 Å². The minimum absolute atomic E-state index is 0.122. The summed E-state index contributed by atoms with van der Waals surface area (Å²) in [6.45, 7) is 3.01. The van der Waals surface area contributed by atoms with Crippen LogP contribution in [-0.4, -0.2) is 35.2 Å². The molecule has 3 rings (SSSR count). The van der Waals surface area contributed by atoms with Crippen molar-refractivity contribution in [3.05, 3.63) is 30.1 Å². The summed E-state index contributed by atoms with van der Waals surface area (Å²) in [7, 11) is 0. The van der Waals surface area contributed by atoms with E-state index in [1.54, 1.807) is 0 Å². The van der Waals surface area contributed by atoms with Gasteiger partial charge >= 0.3 is 0 Å². The van der Waals surface area contributed by atoms with Crippen LogP contribution in [0.3, 0.4) is 0 Å². The van der Waals surface area contributed by atoms with Gasteiger partial charge in [0.25, 0.3) is 0 Å². The van der Waals surface area contributed by atoms with Crippen molar-refractivity contribution in [1.29, 1.82) is 0 Å². The number of nitrogens with zero attached hydrogens (tertiary/aromatic N) is 2. The van der Waals surface area contributed by atoms with E-state index >= 15 is 0 Å². The fraction of sp³-hybridized carbons (Fsp3) is 0.667. The summed E-state index contributed by atoms with van der Waals surface area (Å²) in [5.74, 6) is 0. The van der Waals surface area contributed by atoms with Crippen LogP contribution in [0.1, 0.15) is 43.8 Å². The molecule has 0 spiro atoms. The molecule has 1 atom stereocenters. The Bertz CT molecular complexity index is 400. The van der Waals surface area contributed by atoms with Crippen LogP contribution < -0.4 is 11.1 Å². The summed E-state index contributed by atoms with van der Waals surface area (Å²) in [4.78, 5) is 7.05. The van der Waals surface area contributed by atoms with Gasteiger partial charge in [-0.25, -0.2) is 0 Å². The van der Waals surface area contributed by atoms with Crippen LogP contribution in [0.4, 0.5) is 0 Å². The molecule has 0 bridgehead atoms. The Hall–Kier alpha value is -0.970. The van der Waals surface area contributed by atoms with E-state index in [-0.39, 0.29) is 5.66 Å². The van der Waals surface area contributed by atoms with Crippen LogP contribution in [0.25, 0.3) is 0 Å². The van der Waals surface area contributed by atoms with Gasteiger partial charge in [0, 0.05) is 25.8 Å². The van der Waals surface area contributed by atoms with Gasteiger partial charge in [0.1, 0.15) is 0 Å². The van der Waals surface area contributed by atoms with Gasteiger partial charge in [0.2, 0.25) is 0 Å². The highest BCUT2D eigenvalue weighted by atomic mass is 15.3. The first kappa shape index (κ1) is 13.0. The normalized spacial score (nSPS) is 28.2. The first-order valence-electron chi connectivity index (χ1n) is 7.47. The second-order valence-corrected chi connectivity index (χ2v) is 5.83. The molecular weight excluding hydrogens is 236 g/mol. The molecule has 3 N–H and O–H groups in total. The average Bonchev–Trinajstić information content (AvgIpc) is 2.49. The van der Waals surface area contributed by atoms with Crippen LogP contribution in [0.15, 0.2) is 24.4 Å². The SMILES string of the molecule is NC1(N2CCNCC2c2ccccn2)CCCCC1. The maximum Gasteiger partial charge on any atom is 0.0693 e. The lowest BCUT2D eigenvalue weighted by atomic mass is 9.86. The lowest BCUT2D eigenvalue weighted by molar-refractivity contribution is 0.0000128. The second kappa shape index (κ2) is 5.57. The molecule has 2 fully saturated rings. The Morgan fingerprint density at radius 1 is 1.26 bits per heavy atom. The molecule has 0 amide bonds. The summed E-state index contributed by atoms with van der Waals surface area (Å²) < 4.78 is 0. The molecule has 1 aromatic rings. The predicted octanol–water partition coefficient (Wildman–Crippen LogP) is 1.65. The van der Waals surface area contributed by atoms with E-state index in [1.165, 1.54) is 19.3 Å². The van der Waals surface area contributed by atoms with Crippen LogP contribution >= 0.6 is 0 Å². The molecule has 0 radical (unpaired) electrons. The number of hydrogen-bond acceptors (Lipinski definition) is 4. The molecule has 4 heteroatoms. The van der Waals surface area contributed by atoms with Crippen molar-refractivity contribution >= 4 is 0 Å². The van der Waals surface area contributed by atoms with E-state index in [1.807, 2.05) is 12.3 Å². The Balaban J connectivity index is 1.84. The maximum absolute atomic E-state index is 6.73. The first-order valence-corrected chi connectivity index (χ1v) is 7.47. The van der Waals surface area contributed by atoms with Crippen molar-refractivity contribution in [3.63, 3.8) is 0 Å². The molecule has 2 aliphatic rings. The lowest BCUT2D eigenvalue weighted by Crippen LogP contribution is -2.63. The minimum atomic E-state index is -0.122. The fourth-order valence-corrected chi connectivity index (χ4v) is 3.53. The zero-order valence-electron chi connectivity index (χ0n) is 11.5. The van der Waals surface area contributed by atoms with E-state index in [4.69, 9.17) is 5.73 Å². The standard InChI is InChI=1S/C15H24N4/c16-15(7-3-1-4-8-15)19-11-10-17-12-14(19)13-6-2-5-9-18-13/h2,5-6,9,14,17H,1,3-4,7-8,10-12,16H2. The van der Waals surface area contributed by atoms with Crippen molar-refractivity contribution in [2.45, 2.75) is 43.8 Å². The zero-order valence-corrected chi connectivity index (χ0v) is 11.5. The molecule has 0 aromatic carbocycles. The molecule has 1 saturated carbocycles. The zero-order chi connectivity index (χ0) is 13.1. The lowest BCUT2D eigenvalue weighted by Gasteiger charge is -2.49. The first-order chi connectivity index (χ1) is 9.30. The van der Waals surface area contributed by atoms with Gasteiger partial charge in [-0.3, -0.25) is 9.88 Å². The van der Waals surface area contributed by atoms with Crippen molar-refractivity contribution in [1.82, 2.24) is 15.2 Å². The molecular formula is C15H24N4. The van der Waals surface area contributed by atoms with Crippen LogP contribution in [0, 0.1) is 0 Å². The number of hydrogen-bond donors (Lipinski definition) is 2. The Labute approximate surface area is 115 Å². The largest absolute Gasteiger partial charge is 0.313 e. The van der Waals surface area contributed by atoms with Crippen LogP contribution in [-0.2, 0) is 0 Å². The van der Waals surface area contributed by atoms with E-state index in [0.29, 0.717) is 6.04 Å². The molecule has 1 aliphatic heterocycles. The third kappa shape index (κ3) is 2.66. The number of pyridine rings is 1. The van der Waals surface area contributed by atoms with E-state index in [9.17, 15) is 0 Å². The number of rotatable bonds is 2. The van der Waals surface area contributed by atoms with Gasteiger partial charge in [0.15, 0.2) is 0 Å². The molecule has 1 saturated heterocycles. The van der Waals surface area contributed by atoms with Gasteiger partial charge in [-0.05, 0) is 25.0 Å². The van der Waals surface area contributed by atoms with Crippen molar-refractivity contribution < 1.29 is 0 Å². The van der Waals surface area contributed by atoms with Gasteiger partial charge in [-0.15, -0.1) is 0 Å². The molecule has 2 heterocycles. The molecule has 104 valence electrons. The quantitative estimate of drug-likeness (QED) is 0.849. The summed E-state index contributed by atoms with van der Waals surface area (Å²) in [5.41, 5.74) is 7.75. The summed E-state index contributed by atoms with van der Waals surface area (Å²) in [6.07, 6.45) is 7.98.